The largest absolute Gasteiger partial charge is 0.446 e. The van der Waals surface area contributed by atoms with Crippen LogP contribution in [-0.2, 0) is 35.8 Å². The molecule has 0 saturated carbocycles. The normalized spacial score (nSPS) is 16.0. The fourth-order valence-corrected chi connectivity index (χ4v) is 5.61. The molecule has 1 aromatic carbocycles. The first kappa shape index (κ1) is 22.6. The Labute approximate surface area is 201 Å². The van der Waals surface area contributed by atoms with E-state index >= 15 is 0 Å². The van der Waals surface area contributed by atoms with Gasteiger partial charge in [0.1, 0.15) is 11.4 Å². The molecule has 1 aliphatic carbocycles. The number of rotatable bonds is 6. The predicted octanol–water partition coefficient (Wildman–Crippen LogP) is 1.87. The van der Waals surface area contributed by atoms with Crippen LogP contribution >= 0.6 is 11.3 Å². The molecule has 9 nitrogen and oxygen atoms in total. The van der Waals surface area contributed by atoms with E-state index in [1.165, 1.54) is 11.3 Å². The van der Waals surface area contributed by atoms with Gasteiger partial charge < -0.3 is 25.8 Å². The Hall–Kier alpha value is -3.21. The fourth-order valence-electron chi connectivity index (χ4n) is 4.54. The molecule has 2 aliphatic rings. The van der Waals surface area contributed by atoms with Crippen molar-refractivity contribution in [2.45, 2.75) is 25.3 Å². The number of nitrogens with two attached hydrogens (primary N) is 2. The van der Waals surface area contributed by atoms with Crippen LogP contribution in [0.25, 0.3) is 11.3 Å². The summed E-state index contributed by atoms with van der Waals surface area (Å²) in [5.41, 5.74) is 16.5. The molecular formula is C24H27N5O4S. The summed E-state index contributed by atoms with van der Waals surface area (Å²) in [6.45, 7) is 2.26. The second-order valence-electron chi connectivity index (χ2n) is 8.61. The number of benzene rings is 1. The predicted molar refractivity (Wildman–Crippen MR) is 128 cm³/mol. The standard InChI is InChI=1S/C24H27N5O4S/c1-28-13-15-4-7-17-19(20(15)27-28)24(34-21(17)22(26)30)33-16-5-2-14(3-6-16)12-18(25)23(31)29-8-10-32-11-9-29/h2-3,5-6,13,18H,4,7-12,25H2,1H3,(H2,26,30)/t18-/m0/s1. The van der Waals surface area contributed by atoms with E-state index in [1.807, 2.05) is 37.5 Å². The number of primary amides is 1. The molecule has 0 spiro atoms. The third-order valence-electron chi connectivity index (χ3n) is 6.21. The molecular weight excluding hydrogens is 454 g/mol. The lowest BCUT2D eigenvalue weighted by Gasteiger charge is -2.29. The Kier molecular flexibility index (Phi) is 6.11. The van der Waals surface area contributed by atoms with Crippen LogP contribution in [-0.4, -0.2) is 58.8 Å². The van der Waals surface area contributed by atoms with Gasteiger partial charge in [0.15, 0.2) is 5.06 Å². The molecule has 1 atom stereocenters. The monoisotopic (exact) mass is 481 g/mol. The SMILES string of the molecule is Cn1cc2c(n1)-c1c(Oc3ccc(C[C@H](N)C(=O)N4CCOCC4)cc3)sc(C(N)=O)c1CC2. The average molecular weight is 482 g/mol. The second-order valence-corrected chi connectivity index (χ2v) is 9.59. The van der Waals surface area contributed by atoms with E-state index in [-0.39, 0.29) is 5.91 Å². The second kappa shape index (κ2) is 9.21. The van der Waals surface area contributed by atoms with Crippen molar-refractivity contribution in [3.63, 3.8) is 0 Å². The smallest absolute Gasteiger partial charge is 0.259 e. The third kappa shape index (κ3) is 4.31. The first-order valence-electron chi connectivity index (χ1n) is 11.3. The van der Waals surface area contributed by atoms with Crippen LogP contribution in [0, 0.1) is 0 Å². The molecule has 5 rings (SSSR count). The highest BCUT2D eigenvalue weighted by atomic mass is 32.1. The van der Waals surface area contributed by atoms with Crippen molar-refractivity contribution < 1.29 is 19.1 Å². The van der Waals surface area contributed by atoms with Gasteiger partial charge >= 0.3 is 0 Å². The van der Waals surface area contributed by atoms with Crippen molar-refractivity contribution >= 4 is 23.2 Å². The zero-order valence-electron chi connectivity index (χ0n) is 19.0. The van der Waals surface area contributed by atoms with Crippen molar-refractivity contribution in [1.82, 2.24) is 14.7 Å². The topological polar surface area (TPSA) is 126 Å². The van der Waals surface area contributed by atoms with Crippen molar-refractivity contribution in [2.24, 2.45) is 18.5 Å². The Morgan fingerprint density at radius 1 is 1.21 bits per heavy atom. The Morgan fingerprint density at radius 2 is 1.94 bits per heavy atom. The van der Waals surface area contributed by atoms with E-state index in [4.69, 9.17) is 20.9 Å². The summed E-state index contributed by atoms with van der Waals surface area (Å²) in [6.07, 6.45) is 3.97. The highest BCUT2D eigenvalue weighted by Crippen LogP contribution is 2.48. The minimum Gasteiger partial charge on any atom is -0.446 e. The van der Waals surface area contributed by atoms with E-state index in [9.17, 15) is 9.59 Å². The quantitative estimate of drug-likeness (QED) is 0.554. The molecule has 178 valence electrons. The van der Waals surface area contributed by atoms with Gasteiger partial charge in [-0.2, -0.15) is 5.10 Å². The zero-order valence-corrected chi connectivity index (χ0v) is 19.8. The molecule has 0 radical (unpaired) electrons. The van der Waals surface area contributed by atoms with Crippen LogP contribution in [0.1, 0.15) is 26.4 Å². The minimum atomic E-state index is -0.602. The summed E-state index contributed by atoms with van der Waals surface area (Å²) in [5.74, 6) is 0.115. The first-order valence-corrected chi connectivity index (χ1v) is 12.1. The molecule has 1 aliphatic heterocycles. The number of morpholine rings is 1. The van der Waals surface area contributed by atoms with Crippen molar-refractivity contribution in [1.29, 1.82) is 0 Å². The average Bonchev–Trinajstić information content (AvgIpc) is 3.40. The van der Waals surface area contributed by atoms with Gasteiger partial charge in [-0.1, -0.05) is 23.5 Å². The number of ether oxygens (including phenoxy) is 2. The molecule has 10 heteroatoms. The van der Waals surface area contributed by atoms with E-state index in [0.717, 1.165) is 40.8 Å². The third-order valence-corrected chi connectivity index (χ3v) is 7.34. The molecule has 2 aromatic heterocycles. The summed E-state index contributed by atoms with van der Waals surface area (Å²) in [5, 5.41) is 5.21. The number of carbonyl (C=O) groups excluding carboxylic acids is 2. The summed E-state index contributed by atoms with van der Waals surface area (Å²) in [6, 6.07) is 6.90. The summed E-state index contributed by atoms with van der Waals surface area (Å²) in [7, 11) is 1.88. The van der Waals surface area contributed by atoms with Crippen LogP contribution in [0.5, 0.6) is 10.8 Å². The zero-order chi connectivity index (χ0) is 23.8. The summed E-state index contributed by atoms with van der Waals surface area (Å²) < 4.78 is 13.3. The number of amides is 2. The minimum absolute atomic E-state index is 0.0565. The number of carbonyl (C=O) groups is 2. The van der Waals surface area contributed by atoms with Crippen LogP contribution in [0.3, 0.4) is 0 Å². The Morgan fingerprint density at radius 3 is 2.65 bits per heavy atom. The van der Waals surface area contributed by atoms with Gasteiger partial charge in [0.25, 0.3) is 5.91 Å². The number of fused-ring (bicyclic) bond motifs is 3. The maximum atomic E-state index is 12.6. The van der Waals surface area contributed by atoms with Crippen LogP contribution in [0.2, 0.25) is 0 Å². The highest BCUT2D eigenvalue weighted by Gasteiger charge is 2.30. The Balaban J connectivity index is 1.34. The van der Waals surface area contributed by atoms with Gasteiger partial charge in [0.2, 0.25) is 5.91 Å². The van der Waals surface area contributed by atoms with Crippen molar-refractivity contribution in [2.75, 3.05) is 26.3 Å². The van der Waals surface area contributed by atoms with Gasteiger partial charge in [-0.05, 0) is 48.1 Å². The molecule has 4 N–H and O–H groups in total. The molecule has 1 saturated heterocycles. The van der Waals surface area contributed by atoms with Crippen LogP contribution in [0.4, 0.5) is 0 Å². The maximum absolute atomic E-state index is 12.6. The van der Waals surface area contributed by atoms with Gasteiger partial charge in [-0.15, -0.1) is 0 Å². The van der Waals surface area contributed by atoms with Gasteiger partial charge in [-0.25, -0.2) is 0 Å². The van der Waals surface area contributed by atoms with E-state index in [1.54, 1.807) is 9.58 Å². The van der Waals surface area contributed by atoms with Crippen molar-refractivity contribution in [3.05, 3.63) is 52.0 Å². The lowest BCUT2D eigenvalue weighted by molar-refractivity contribution is -0.136. The summed E-state index contributed by atoms with van der Waals surface area (Å²) in [4.78, 5) is 26.9. The van der Waals surface area contributed by atoms with E-state index in [2.05, 4.69) is 5.10 Å². The first-order chi connectivity index (χ1) is 16.4. The maximum Gasteiger partial charge on any atom is 0.259 e. The Bertz CT molecular complexity index is 1230. The van der Waals surface area contributed by atoms with E-state index < -0.39 is 11.9 Å². The number of hydrogen-bond acceptors (Lipinski definition) is 7. The van der Waals surface area contributed by atoms with Gasteiger partial charge in [0.05, 0.1) is 29.7 Å². The van der Waals surface area contributed by atoms with Gasteiger partial charge in [0, 0.05) is 26.3 Å². The van der Waals surface area contributed by atoms with Crippen LogP contribution in [0.15, 0.2) is 30.5 Å². The molecule has 3 aromatic rings. The number of aromatic nitrogens is 2. The number of aryl methyl sites for hydroxylation is 2. The molecule has 1 fully saturated rings. The number of nitrogens with zero attached hydrogens (tertiary/aromatic N) is 3. The lowest BCUT2D eigenvalue weighted by Crippen LogP contribution is -2.49. The molecule has 3 heterocycles. The molecule has 0 bridgehead atoms. The molecule has 0 unspecified atom stereocenters. The molecule has 2 amide bonds. The van der Waals surface area contributed by atoms with Gasteiger partial charge in [-0.3, -0.25) is 14.3 Å². The lowest BCUT2D eigenvalue weighted by atomic mass is 9.92. The van der Waals surface area contributed by atoms with E-state index in [0.29, 0.717) is 48.4 Å². The fraction of sp³-hybridized carbons (Fsp3) is 0.375. The van der Waals surface area contributed by atoms with Crippen LogP contribution < -0.4 is 16.2 Å². The number of hydrogen-bond donors (Lipinski definition) is 2. The summed E-state index contributed by atoms with van der Waals surface area (Å²) >= 11 is 1.26. The van der Waals surface area contributed by atoms with Crippen molar-refractivity contribution in [3.8, 4) is 22.1 Å². The molecule has 34 heavy (non-hydrogen) atoms. The number of thiophene rings is 1. The highest BCUT2D eigenvalue weighted by molar-refractivity contribution is 7.16.